The third kappa shape index (κ3) is 3.64. The van der Waals surface area contributed by atoms with E-state index in [4.69, 9.17) is 4.74 Å². The fourth-order valence-corrected chi connectivity index (χ4v) is 3.92. The maximum absolute atomic E-state index is 14.0. The maximum atomic E-state index is 14.0. The van der Waals surface area contributed by atoms with E-state index in [-0.39, 0.29) is 4.90 Å². The van der Waals surface area contributed by atoms with Crippen molar-refractivity contribution in [3.05, 3.63) is 78.9 Å². The minimum Gasteiger partial charge on any atom is -0.480 e. The summed E-state index contributed by atoms with van der Waals surface area (Å²) in [6.07, 6.45) is 7.04. The van der Waals surface area contributed by atoms with E-state index < -0.39 is 11.6 Å². The molecule has 0 saturated carbocycles. The van der Waals surface area contributed by atoms with Crippen molar-refractivity contribution in [1.29, 1.82) is 0 Å². The first-order valence-corrected chi connectivity index (χ1v) is 10.1. The molecular weight excluding hydrogens is 420 g/mol. The molecule has 0 fully saturated rings. The molecule has 0 radical (unpaired) electrons. The smallest absolute Gasteiger partial charge is 0.237 e. The lowest BCUT2D eigenvalue weighted by molar-refractivity contribution is 0.400. The molecule has 2 aromatic carbocycles. The van der Waals surface area contributed by atoms with Gasteiger partial charge in [-0.2, -0.15) is 0 Å². The van der Waals surface area contributed by atoms with Crippen molar-refractivity contribution in [2.45, 2.75) is 4.90 Å². The van der Waals surface area contributed by atoms with Crippen LogP contribution in [0, 0.1) is 11.6 Å². The number of benzene rings is 2. The molecule has 0 spiro atoms. The second-order valence-corrected chi connectivity index (χ2v) is 7.52. The molecule has 0 amide bonds. The van der Waals surface area contributed by atoms with Crippen molar-refractivity contribution in [3.8, 4) is 17.0 Å². The first kappa shape index (κ1) is 19.3. The van der Waals surface area contributed by atoms with E-state index in [1.54, 1.807) is 18.6 Å². The zero-order chi connectivity index (χ0) is 21.4. The summed E-state index contributed by atoms with van der Waals surface area (Å²) < 4.78 is 37.5. The van der Waals surface area contributed by atoms with E-state index in [1.807, 2.05) is 34.9 Å². The van der Waals surface area contributed by atoms with Crippen LogP contribution in [0.5, 0.6) is 5.88 Å². The normalized spacial score (nSPS) is 11.2. The van der Waals surface area contributed by atoms with E-state index in [1.165, 1.54) is 19.2 Å². The van der Waals surface area contributed by atoms with Crippen molar-refractivity contribution in [2.24, 2.45) is 0 Å². The van der Waals surface area contributed by atoms with Gasteiger partial charge in [-0.15, -0.1) is 0 Å². The van der Waals surface area contributed by atoms with Crippen LogP contribution in [0.2, 0.25) is 0 Å². The summed E-state index contributed by atoms with van der Waals surface area (Å²) in [4.78, 5) is 13.3. The number of aromatic nitrogens is 4. The van der Waals surface area contributed by atoms with Gasteiger partial charge in [-0.3, -0.25) is 9.38 Å². The number of hydrogen-bond donors (Lipinski definition) is 1. The Morgan fingerprint density at radius 3 is 2.71 bits per heavy atom. The molecule has 0 bridgehead atoms. The lowest BCUT2D eigenvalue weighted by atomic mass is 10.1. The van der Waals surface area contributed by atoms with Gasteiger partial charge in [0.15, 0.2) is 5.65 Å². The Morgan fingerprint density at radius 2 is 1.87 bits per heavy atom. The molecule has 0 atom stereocenters. The fourth-order valence-electron chi connectivity index (χ4n) is 3.26. The van der Waals surface area contributed by atoms with Gasteiger partial charge in [-0.25, -0.2) is 18.7 Å². The molecule has 0 aliphatic heterocycles. The summed E-state index contributed by atoms with van der Waals surface area (Å²) in [5, 5.41) is 0. The van der Waals surface area contributed by atoms with Crippen molar-refractivity contribution >= 4 is 34.3 Å². The molecule has 154 valence electrons. The predicted molar refractivity (Wildman–Crippen MR) is 116 cm³/mol. The Labute approximate surface area is 180 Å². The molecule has 5 rings (SSSR count). The van der Waals surface area contributed by atoms with Crippen molar-refractivity contribution in [1.82, 2.24) is 19.4 Å². The van der Waals surface area contributed by atoms with Gasteiger partial charge in [0.2, 0.25) is 5.88 Å². The Bertz CT molecular complexity index is 1420. The molecular formula is C22H15F2N5OS. The van der Waals surface area contributed by atoms with Crippen LogP contribution in [-0.2, 0) is 0 Å². The van der Waals surface area contributed by atoms with Gasteiger partial charge >= 0.3 is 0 Å². The van der Waals surface area contributed by atoms with E-state index in [0.29, 0.717) is 11.6 Å². The molecule has 0 saturated heterocycles. The minimum absolute atomic E-state index is 0.258. The fraction of sp³-hybridized carbons (Fsp3) is 0.0455. The second-order valence-electron chi connectivity index (χ2n) is 6.68. The predicted octanol–water partition coefficient (Wildman–Crippen LogP) is 5.35. The van der Waals surface area contributed by atoms with Crippen LogP contribution >= 0.6 is 11.9 Å². The van der Waals surface area contributed by atoms with Crippen LogP contribution in [0.1, 0.15) is 0 Å². The number of pyridine rings is 1. The van der Waals surface area contributed by atoms with Crippen LogP contribution in [-0.4, -0.2) is 26.5 Å². The Morgan fingerprint density at radius 1 is 0.968 bits per heavy atom. The summed E-state index contributed by atoms with van der Waals surface area (Å²) in [6.45, 7) is 0. The number of halogens is 2. The summed E-state index contributed by atoms with van der Waals surface area (Å²) in [7, 11) is 1.51. The van der Waals surface area contributed by atoms with Gasteiger partial charge in [0.05, 0.1) is 29.2 Å². The van der Waals surface area contributed by atoms with Crippen LogP contribution in [0.15, 0.2) is 72.1 Å². The van der Waals surface area contributed by atoms with Crippen molar-refractivity contribution in [3.63, 3.8) is 0 Å². The average molecular weight is 435 g/mol. The van der Waals surface area contributed by atoms with Crippen molar-refractivity contribution in [2.75, 3.05) is 11.8 Å². The molecule has 0 aliphatic carbocycles. The zero-order valence-corrected chi connectivity index (χ0v) is 17.0. The van der Waals surface area contributed by atoms with Crippen LogP contribution in [0.4, 0.5) is 14.5 Å². The van der Waals surface area contributed by atoms with E-state index in [2.05, 4.69) is 19.7 Å². The molecule has 3 heterocycles. The second kappa shape index (κ2) is 7.84. The summed E-state index contributed by atoms with van der Waals surface area (Å²) >= 11 is 1.01. The Hall–Kier alpha value is -3.72. The topological polar surface area (TPSA) is 64.3 Å². The third-order valence-electron chi connectivity index (χ3n) is 4.77. The maximum Gasteiger partial charge on any atom is 0.237 e. The molecule has 1 N–H and O–H groups in total. The minimum atomic E-state index is -0.646. The number of methoxy groups -OCH3 is 1. The molecule has 0 unspecified atom stereocenters. The van der Waals surface area contributed by atoms with E-state index in [0.717, 1.165) is 45.8 Å². The lowest BCUT2D eigenvalue weighted by Crippen LogP contribution is -1.97. The van der Waals surface area contributed by atoms with Gasteiger partial charge < -0.3 is 9.46 Å². The highest BCUT2D eigenvalue weighted by molar-refractivity contribution is 8.00. The quantitative estimate of drug-likeness (QED) is 0.376. The number of ether oxygens (including phenoxy) is 1. The summed E-state index contributed by atoms with van der Waals surface area (Å²) in [5.74, 6) is -0.911. The molecule has 0 aliphatic rings. The highest BCUT2D eigenvalue weighted by Gasteiger charge is 2.12. The number of anilines is 1. The number of fused-ring (bicyclic) bond motifs is 3. The molecule has 3 aromatic heterocycles. The zero-order valence-electron chi connectivity index (χ0n) is 16.2. The Balaban J connectivity index is 1.51. The Kier molecular flexibility index (Phi) is 4.87. The standard InChI is InChI=1S/C22H15F2N5OS/c1-30-22-18(28-31-20-5-3-15(23)10-16(20)24)8-14(11-27-22)13-2-4-17-19(9-13)29-7-6-25-21(29)12-26-17/h2-12,28H,1H3. The summed E-state index contributed by atoms with van der Waals surface area (Å²) in [5.41, 5.74) is 4.84. The number of rotatable bonds is 5. The van der Waals surface area contributed by atoms with Gasteiger partial charge in [0.1, 0.15) is 17.3 Å². The molecule has 6 nitrogen and oxygen atoms in total. The molecule has 31 heavy (non-hydrogen) atoms. The van der Waals surface area contributed by atoms with Crippen LogP contribution in [0.3, 0.4) is 0 Å². The lowest BCUT2D eigenvalue weighted by Gasteiger charge is -2.12. The van der Waals surface area contributed by atoms with E-state index >= 15 is 0 Å². The molecule has 5 aromatic rings. The van der Waals surface area contributed by atoms with E-state index in [9.17, 15) is 8.78 Å². The van der Waals surface area contributed by atoms with Gasteiger partial charge in [0, 0.05) is 30.2 Å². The monoisotopic (exact) mass is 435 g/mol. The largest absolute Gasteiger partial charge is 0.480 e. The van der Waals surface area contributed by atoms with Gasteiger partial charge in [-0.05, 0) is 47.8 Å². The number of imidazole rings is 1. The van der Waals surface area contributed by atoms with Gasteiger partial charge in [-0.1, -0.05) is 6.07 Å². The highest BCUT2D eigenvalue weighted by atomic mass is 32.2. The number of nitrogens with one attached hydrogen (secondary N) is 1. The van der Waals surface area contributed by atoms with Crippen LogP contribution in [0.25, 0.3) is 27.8 Å². The van der Waals surface area contributed by atoms with Gasteiger partial charge in [0.25, 0.3) is 0 Å². The first-order chi connectivity index (χ1) is 15.1. The number of hydrogen-bond acceptors (Lipinski definition) is 6. The SMILES string of the molecule is COc1ncc(-c2ccc3ncc4nccn4c3c2)cc1NSc1ccc(F)cc1F. The molecule has 9 heteroatoms. The highest BCUT2D eigenvalue weighted by Crippen LogP contribution is 2.33. The van der Waals surface area contributed by atoms with Crippen LogP contribution < -0.4 is 9.46 Å². The third-order valence-corrected chi connectivity index (χ3v) is 5.64. The summed E-state index contributed by atoms with van der Waals surface area (Å²) in [6, 6.07) is 11.2. The van der Waals surface area contributed by atoms with Crippen molar-refractivity contribution < 1.29 is 13.5 Å². The number of nitrogens with zero attached hydrogens (tertiary/aromatic N) is 4. The first-order valence-electron chi connectivity index (χ1n) is 9.26. The average Bonchev–Trinajstić information content (AvgIpc) is 3.27.